The summed E-state index contributed by atoms with van der Waals surface area (Å²) in [6.07, 6.45) is 3.36. The molecule has 0 saturated carbocycles. The Morgan fingerprint density at radius 2 is 1.79 bits per heavy atom. The Morgan fingerprint density at radius 1 is 1.03 bits per heavy atom. The molecule has 1 amide bonds. The standard InChI is InChI=1S/C21H22N2O4S2/c24-21(22(15-18-5-3-13-27-18)16-19-6-4-14-28-19)17-7-9-20(10-8-17)29(25,26)23-11-1-2-12-23/h3-10,13-14H,1-2,11-12,15-16H2. The van der Waals surface area contributed by atoms with Gasteiger partial charge in [-0.15, -0.1) is 11.3 Å². The first-order valence-corrected chi connectivity index (χ1v) is 11.8. The van der Waals surface area contributed by atoms with Gasteiger partial charge in [-0.25, -0.2) is 8.42 Å². The highest BCUT2D eigenvalue weighted by Crippen LogP contribution is 2.22. The number of amides is 1. The number of hydrogen-bond donors (Lipinski definition) is 0. The number of nitrogens with zero attached hydrogens (tertiary/aromatic N) is 2. The fourth-order valence-electron chi connectivity index (χ4n) is 3.41. The number of thiophene rings is 1. The lowest BCUT2D eigenvalue weighted by Crippen LogP contribution is -2.30. The highest BCUT2D eigenvalue weighted by Gasteiger charge is 2.27. The Hall–Kier alpha value is -2.42. The van der Waals surface area contributed by atoms with Gasteiger partial charge in [0.2, 0.25) is 10.0 Å². The van der Waals surface area contributed by atoms with Gasteiger partial charge in [-0.3, -0.25) is 4.79 Å². The molecule has 1 aromatic carbocycles. The van der Waals surface area contributed by atoms with Crippen LogP contribution in [0, 0.1) is 0 Å². The number of sulfonamides is 1. The molecular weight excluding hydrogens is 408 g/mol. The number of carbonyl (C=O) groups is 1. The van der Waals surface area contributed by atoms with Gasteiger partial charge in [0.15, 0.2) is 0 Å². The monoisotopic (exact) mass is 430 g/mol. The van der Waals surface area contributed by atoms with Crippen molar-refractivity contribution in [3.63, 3.8) is 0 Å². The van der Waals surface area contributed by atoms with Crippen molar-refractivity contribution in [3.05, 3.63) is 76.4 Å². The molecule has 3 aromatic rings. The summed E-state index contributed by atoms with van der Waals surface area (Å²) in [5, 5.41) is 1.98. The molecule has 0 aliphatic carbocycles. The van der Waals surface area contributed by atoms with E-state index in [0.29, 0.717) is 37.5 Å². The number of furan rings is 1. The van der Waals surface area contributed by atoms with Gasteiger partial charge in [-0.1, -0.05) is 6.07 Å². The van der Waals surface area contributed by atoms with Crippen LogP contribution in [-0.2, 0) is 23.1 Å². The molecule has 0 spiro atoms. The van der Waals surface area contributed by atoms with Gasteiger partial charge in [0.1, 0.15) is 5.76 Å². The highest BCUT2D eigenvalue weighted by molar-refractivity contribution is 7.89. The Balaban J connectivity index is 1.55. The van der Waals surface area contributed by atoms with Crippen LogP contribution in [0.25, 0.3) is 0 Å². The maximum Gasteiger partial charge on any atom is 0.254 e. The summed E-state index contributed by atoms with van der Waals surface area (Å²) >= 11 is 1.59. The normalized spacial score (nSPS) is 14.9. The van der Waals surface area contributed by atoms with E-state index in [1.54, 1.807) is 40.7 Å². The van der Waals surface area contributed by atoms with E-state index >= 15 is 0 Å². The molecule has 152 valence electrons. The largest absolute Gasteiger partial charge is 0.467 e. The zero-order valence-electron chi connectivity index (χ0n) is 15.9. The van der Waals surface area contributed by atoms with Crippen molar-refractivity contribution in [3.8, 4) is 0 Å². The molecule has 1 aliphatic heterocycles. The Bertz CT molecular complexity index is 1000. The van der Waals surface area contributed by atoms with Gasteiger partial charge in [0, 0.05) is 23.5 Å². The van der Waals surface area contributed by atoms with Crippen LogP contribution in [0.3, 0.4) is 0 Å². The Morgan fingerprint density at radius 3 is 2.41 bits per heavy atom. The molecular formula is C21H22N2O4S2. The number of rotatable bonds is 7. The van der Waals surface area contributed by atoms with E-state index in [-0.39, 0.29) is 10.8 Å². The van der Waals surface area contributed by atoms with Gasteiger partial charge >= 0.3 is 0 Å². The zero-order chi connectivity index (χ0) is 20.3. The van der Waals surface area contributed by atoms with E-state index in [2.05, 4.69) is 0 Å². The summed E-state index contributed by atoms with van der Waals surface area (Å²) in [6.45, 7) is 1.92. The van der Waals surface area contributed by atoms with Crippen LogP contribution in [0.2, 0.25) is 0 Å². The molecule has 6 nitrogen and oxygen atoms in total. The van der Waals surface area contributed by atoms with E-state index in [1.165, 1.54) is 16.4 Å². The summed E-state index contributed by atoms with van der Waals surface area (Å²) < 4.78 is 32.3. The first kappa shape index (κ1) is 19.9. The molecule has 4 rings (SSSR count). The van der Waals surface area contributed by atoms with E-state index < -0.39 is 10.0 Å². The van der Waals surface area contributed by atoms with Crippen molar-refractivity contribution in [2.75, 3.05) is 13.1 Å². The van der Waals surface area contributed by atoms with E-state index in [0.717, 1.165) is 17.7 Å². The minimum atomic E-state index is -3.49. The number of carbonyl (C=O) groups excluding carboxylic acids is 1. The van der Waals surface area contributed by atoms with Gasteiger partial charge in [0.05, 0.1) is 24.2 Å². The predicted molar refractivity (Wildman–Crippen MR) is 111 cm³/mol. The molecule has 8 heteroatoms. The second-order valence-corrected chi connectivity index (χ2v) is 9.93. The summed E-state index contributed by atoms with van der Waals surface area (Å²) in [5.74, 6) is 0.531. The van der Waals surface area contributed by atoms with Crippen LogP contribution >= 0.6 is 11.3 Å². The van der Waals surface area contributed by atoms with Gasteiger partial charge in [-0.05, 0) is 60.7 Å². The average Bonchev–Trinajstić information content (AvgIpc) is 3.50. The van der Waals surface area contributed by atoms with Crippen molar-refractivity contribution in [1.82, 2.24) is 9.21 Å². The Labute approximate surface area is 174 Å². The smallest absolute Gasteiger partial charge is 0.254 e. The second kappa shape index (κ2) is 8.52. The van der Waals surface area contributed by atoms with Crippen molar-refractivity contribution in [2.45, 2.75) is 30.8 Å². The molecule has 1 saturated heterocycles. The lowest BCUT2D eigenvalue weighted by molar-refractivity contribution is 0.0719. The predicted octanol–water partition coefficient (Wildman–Crippen LogP) is 3.97. The molecule has 1 fully saturated rings. The quantitative estimate of drug-likeness (QED) is 0.569. The molecule has 29 heavy (non-hydrogen) atoms. The van der Waals surface area contributed by atoms with Crippen molar-refractivity contribution >= 4 is 27.3 Å². The lowest BCUT2D eigenvalue weighted by atomic mass is 10.2. The SMILES string of the molecule is O=C(c1ccc(S(=O)(=O)N2CCCC2)cc1)N(Cc1ccco1)Cc1cccs1. The molecule has 1 aliphatic rings. The first-order valence-electron chi connectivity index (χ1n) is 9.48. The fourth-order valence-corrected chi connectivity index (χ4v) is 5.65. The Kier molecular flexibility index (Phi) is 5.84. The molecule has 0 bridgehead atoms. The molecule has 2 aromatic heterocycles. The second-order valence-electron chi connectivity index (χ2n) is 6.96. The molecule has 3 heterocycles. The van der Waals surface area contributed by atoms with Gasteiger partial charge in [0.25, 0.3) is 5.91 Å². The van der Waals surface area contributed by atoms with E-state index in [9.17, 15) is 13.2 Å². The zero-order valence-corrected chi connectivity index (χ0v) is 17.5. The van der Waals surface area contributed by atoms with Crippen LogP contribution in [0.4, 0.5) is 0 Å². The van der Waals surface area contributed by atoms with Crippen LogP contribution < -0.4 is 0 Å². The summed E-state index contributed by atoms with van der Waals surface area (Å²) in [4.78, 5) is 16.1. The fraction of sp³-hybridized carbons (Fsp3) is 0.286. The molecule has 0 unspecified atom stereocenters. The third kappa shape index (κ3) is 4.44. The first-order chi connectivity index (χ1) is 14.0. The number of benzene rings is 1. The minimum Gasteiger partial charge on any atom is -0.467 e. The van der Waals surface area contributed by atoms with Crippen molar-refractivity contribution in [2.24, 2.45) is 0 Å². The lowest BCUT2D eigenvalue weighted by Gasteiger charge is -2.21. The highest BCUT2D eigenvalue weighted by atomic mass is 32.2. The number of hydrogen-bond acceptors (Lipinski definition) is 5. The van der Waals surface area contributed by atoms with Crippen LogP contribution in [-0.4, -0.2) is 36.6 Å². The summed E-state index contributed by atoms with van der Waals surface area (Å²) in [7, 11) is -3.49. The maximum absolute atomic E-state index is 13.1. The van der Waals surface area contributed by atoms with Crippen LogP contribution in [0.1, 0.15) is 33.8 Å². The third-order valence-corrected chi connectivity index (χ3v) is 7.72. The molecule has 0 atom stereocenters. The minimum absolute atomic E-state index is 0.167. The van der Waals surface area contributed by atoms with Crippen LogP contribution in [0.15, 0.2) is 69.5 Å². The summed E-state index contributed by atoms with van der Waals surface area (Å²) in [5.41, 5.74) is 0.452. The maximum atomic E-state index is 13.1. The van der Waals surface area contributed by atoms with Crippen LogP contribution in [0.5, 0.6) is 0 Å². The van der Waals surface area contributed by atoms with Crippen molar-refractivity contribution in [1.29, 1.82) is 0 Å². The van der Waals surface area contributed by atoms with Gasteiger partial charge < -0.3 is 9.32 Å². The third-order valence-electron chi connectivity index (χ3n) is 4.94. The molecule has 0 radical (unpaired) electrons. The van der Waals surface area contributed by atoms with Gasteiger partial charge in [-0.2, -0.15) is 4.31 Å². The summed E-state index contributed by atoms with van der Waals surface area (Å²) in [6, 6.07) is 13.8. The van der Waals surface area contributed by atoms with E-state index in [4.69, 9.17) is 4.42 Å². The topological polar surface area (TPSA) is 70.8 Å². The van der Waals surface area contributed by atoms with Crippen molar-refractivity contribution < 1.29 is 17.6 Å². The van der Waals surface area contributed by atoms with E-state index in [1.807, 2.05) is 23.6 Å². The molecule has 0 N–H and O–H groups in total. The average molecular weight is 431 g/mol.